The SMILES string of the molecule is C#CC(CC)(CC)NC(=O)CCc1c(C)nc2nc(C(F)(F)F)nn2c1C. The monoisotopic (exact) mass is 381 g/mol. The van der Waals surface area contributed by atoms with Crippen molar-refractivity contribution >= 4 is 11.7 Å². The van der Waals surface area contributed by atoms with Gasteiger partial charge in [0.05, 0.1) is 0 Å². The fourth-order valence-corrected chi connectivity index (χ4v) is 2.93. The first-order valence-corrected chi connectivity index (χ1v) is 8.65. The molecule has 0 fully saturated rings. The van der Waals surface area contributed by atoms with Crippen molar-refractivity contribution in [2.75, 3.05) is 0 Å². The van der Waals surface area contributed by atoms with Crippen LogP contribution in [0.1, 0.15) is 55.9 Å². The van der Waals surface area contributed by atoms with Gasteiger partial charge in [0.25, 0.3) is 11.6 Å². The highest BCUT2D eigenvalue weighted by Crippen LogP contribution is 2.27. The summed E-state index contributed by atoms with van der Waals surface area (Å²) in [4.78, 5) is 19.9. The summed E-state index contributed by atoms with van der Waals surface area (Å²) >= 11 is 0. The van der Waals surface area contributed by atoms with Crippen LogP contribution in [0.25, 0.3) is 5.78 Å². The summed E-state index contributed by atoms with van der Waals surface area (Å²) in [6.45, 7) is 7.11. The predicted octanol–water partition coefficient (Wildman–Crippen LogP) is 3.00. The normalized spacial score (nSPS) is 12.2. The molecule has 0 atom stereocenters. The van der Waals surface area contributed by atoms with Crippen LogP contribution >= 0.6 is 0 Å². The number of aryl methyl sites for hydroxylation is 2. The maximum atomic E-state index is 12.8. The van der Waals surface area contributed by atoms with Crippen LogP contribution < -0.4 is 5.32 Å². The third-order valence-corrected chi connectivity index (χ3v) is 4.77. The first-order valence-electron chi connectivity index (χ1n) is 8.65. The molecule has 0 aliphatic carbocycles. The van der Waals surface area contributed by atoms with Crippen LogP contribution in [0.3, 0.4) is 0 Å². The van der Waals surface area contributed by atoms with E-state index in [4.69, 9.17) is 6.42 Å². The molecular formula is C18H22F3N5O. The number of nitrogens with one attached hydrogen (secondary N) is 1. The van der Waals surface area contributed by atoms with Crippen LogP contribution in [-0.4, -0.2) is 31.0 Å². The number of aromatic nitrogens is 4. The second kappa shape index (κ2) is 7.55. The first-order chi connectivity index (χ1) is 12.6. The van der Waals surface area contributed by atoms with Gasteiger partial charge >= 0.3 is 6.18 Å². The van der Waals surface area contributed by atoms with E-state index in [0.29, 0.717) is 36.2 Å². The van der Waals surface area contributed by atoms with E-state index in [0.717, 1.165) is 4.52 Å². The standard InChI is InChI=1S/C18H22F3N5O/c1-6-17(7-2,8-3)24-14(27)10-9-13-11(4)22-16-23-15(18(19,20)21)25-26(16)12(13)5/h1H,7-10H2,2-5H3,(H,24,27). The highest BCUT2D eigenvalue weighted by Gasteiger charge is 2.37. The Kier molecular flexibility index (Phi) is 5.78. The molecule has 0 saturated heterocycles. The van der Waals surface area contributed by atoms with E-state index in [9.17, 15) is 18.0 Å². The van der Waals surface area contributed by atoms with Crippen molar-refractivity contribution in [1.29, 1.82) is 0 Å². The average Bonchev–Trinajstić information content (AvgIpc) is 3.04. The molecule has 27 heavy (non-hydrogen) atoms. The Labute approximate surface area is 155 Å². The Morgan fingerprint density at radius 1 is 1.22 bits per heavy atom. The fraction of sp³-hybridized carbons (Fsp3) is 0.556. The lowest BCUT2D eigenvalue weighted by Crippen LogP contribution is -2.46. The van der Waals surface area contributed by atoms with E-state index in [-0.39, 0.29) is 18.1 Å². The zero-order valence-corrected chi connectivity index (χ0v) is 15.7. The number of halogens is 3. The van der Waals surface area contributed by atoms with Gasteiger partial charge in [0, 0.05) is 17.8 Å². The summed E-state index contributed by atoms with van der Waals surface area (Å²) in [6, 6.07) is 0. The molecular weight excluding hydrogens is 359 g/mol. The van der Waals surface area contributed by atoms with Crippen LogP contribution in [0.4, 0.5) is 13.2 Å². The molecule has 0 aliphatic heterocycles. The molecule has 146 valence electrons. The minimum Gasteiger partial charge on any atom is -0.340 e. The smallest absolute Gasteiger partial charge is 0.340 e. The van der Waals surface area contributed by atoms with Gasteiger partial charge in [-0.2, -0.15) is 18.2 Å². The highest BCUT2D eigenvalue weighted by molar-refractivity contribution is 5.77. The Balaban J connectivity index is 2.24. The number of alkyl halides is 3. The number of hydrogen-bond acceptors (Lipinski definition) is 4. The molecule has 1 amide bonds. The number of amides is 1. The topological polar surface area (TPSA) is 72.2 Å². The van der Waals surface area contributed by atoms with Gasteiger partial charge in [-0.1, -0.05) is 19.8 Å². The molecule has 2 aromatic rings. The number of nitrogens with zero attached hydrogens (tertiary/aromatic N) is 4. The van der Waals surface area contributed by atoms with E-state index in [1.54, 1.807) is 13.8 Å². The number of rotatable bonds is 6. The molecule has 0 radical (unpaired) electrons. The molecule has 2 heterocycles. The average molecular weight is 381 g/mol. The summed E-state index contributed by atoms with van der Waals surface area (Å²) in [7, 11) is 0. The fourth-order valence-electron chi connectivity index (χ4n) is 2.93. The maximum absolute atomic E-state index is 12.8. The number of fused-ring (bicyclic) bond motifs is 1. The zero-order valence-electron chi connectivity index (χ0n) is 15.7. The number of terminal acetylenes is 1. The van der Waals surface area contributed by atoms with E-state index in [1.165, 1.54) is 0 Å². The minimum absolute atomic E-state index is 0.117. The molecule has 9 heteroatoms. The lowest BCUT2D eigenvalue weighted by Gasteiger charge is -2.27. The van der Waals surface area contributed by atoms with Gasteiger partial charge in [-0.25, -0.2) is 9.50 Å². The quantitative estimate of drug-likeness (QED) is 0.781. The highest BCUT2D eigenvalue weighted by atomic mass is 19.4. The predicted molar refractivity (Wildman–Crippen MR) is 93.9 cm³/mol. The van der Waals surface area contributed by atoms with Crippen molar-refractivity contribution in [2.45, 2.75) is 65.1 Å². The molecule has 2 rings (SSSR count). The van der Waals surface area contributed by atoms with Crippen molar-refractivity contribution in [3.63, 3.8) is 0 Å². The molecule has 0 bridgehead atoms. The molecule has 0 unspecified atom stereocenters. The van der Waals surface area contributed by atoms with E-state index >= 15 is 0 Å². The van der Waals surface area contributed by atoms with Crippen molar-refractivity contribution < 1.29 is 18.0 Å². The Morgan fingerprint density at radius 3 is 2.37 bits per heavy atom. The van der Waals surface area contributed by atoms with Crippen molar-refractivity contribution in [1.82, 2.24) is 24.9 Å². The minimum atomic E-state index is -4.65. The summed E-state index contributed by atoms with van der Waals surface area (Å²) in [5.74, 6) is 1.06. The van der Waals surface area contributed by atoms with Gasteiger partial charge in [-0.05, 0) is 38.7 Å². The van der Waals surface area contributed by atoms with E-state index in [1.807, 2.05) is 13.8 Å². The van der Waals surface area contributed by atoms with Crippen LogP contribution in [0, 0.1) is 26.2 Å². The molecule has 2 aromatic heterocycles. The molecule has 0 aromatic carbocycles. The second-order valence-corrected chi connectivity index (χ2v) is 6.39. The zero-order chi connectivity index (χ0) is 20.4. The Hall–Kier alpha value is -2.63. The molecule has 0 aliphatic rings. The number of carbonyl (C=O) groups excluding carboxylic acids is 1. The van der Waals surface area contributed by atoms with Crippen LogP contribution in [-0.2, 0) is 17.4 Å². The van der Waals surface area contributed by atoms with Gasteiger partial charge in [0.1, 0.15) is 5.54 Å². The van der Waals surface area contributed by atoms with Crippen molar-refractivity contribution in [3.8, 4) is 12.3 Å². The summed E-state index contributed by atoms with van der Waals surface area (Å²) in [6.07, 6.45) is 2.56. The van der Waals surface area contributed by atoms with Crippen LogP contribution in [0.15, 0.2) is 0 Å². The lowest BCUT2D eigenvalue weighted by molar-refractivity contribution is -0.144. The number of hydrogen-bond donors (Lipinski definition) is 1. The lowest BCUT2D eigenvalue weighted by atomic mass is 9.93. The molecule has 1 N–H and O–H groups in total. The van der Waals surface area contributed by atoms with Gasteiger partial charge in [0.2, 0.25) is 5.91 Å². The van der Waals surface area contributed by atoms with E-state index < -0.39 is 17.5 Å². The van der Waals surface area contributed by atoms with Gasteiger partial charge < -0.3 is 5.32 Å². The van der Waals surface area contributed by atoms with Crippen LogP contribution in [0.5, 0.6) is 0 Å². The molecule has 6 nitrogen and oxygen atoms in total. The summed E-state index contributed by atoms with van der Waals surface area (Å²) in [5.41, 5.74) is 0.970. The summed E-state index contributed by atoms with van der Waals surface area (Å²) in [5, 5.41) is 6.37. The summed E-state index contributed by atoms with van der Waals surface area (Å²) < 4.78 is 39.6. The number of carbonyl (C=O) groups is 1. The Bertz CT molecular complexity index is 891. The van der Waals surface area contributed by atoms with Crippen molar-refractivity contribution in [2.24, 2.45) is 0 Å². The molecule has 0 spiro atoms. The van der Waals surface area contributed by atoms with E-state index in [2.05, 4.69) is 26.3 Å². The molecule has 0 saturated carbocycles. The van der Waals surface area contributed by atoms with Crippen LogP contribution in [0.2, 0.25) is 0 Å². The second-order valence-electron chi connectivity index (χ2n) is 6.39. The van der Waals surface area contributed by atoms with Gasteiger partial charge in [-0.3, -0.25) is 4.79 Å². The van der Waals surface area contributed by atoms with Gasteiger partial charge in [0.15, 0.2) is 0 Å². The Morgan fingerprint density at radius 2 is 1.85 bits per heavy atom. The third-order valence-electron chi connectivity index (χ3n) is 4.77. The third kappa shape index (κ3) is 4.21. The first kappa shape index (κ1) is 20.7. The van der Waals surface area contributed by atoms with Crippen molar-refractivity contribution in [3.05, 3.63) is 22.8 Å². The maximum Gasteiger partial charge on any atom is 0.453 e. The van der Waals surface area contributed by atoms with Gasteiger partial charge in [-0.15, -0.1) is 11.5 Å². The largest absolute Gasteiger partial charge is 0.453 e.